The maximum Gasteiger partial charge on any atom is 0.122 e. The Bertz CT molecular complexity index is 116. The fraction of sp³-hybridized carbons (Fsp3) is 0.750. The van der Waals surface area contributed by atoms with E-state index in [9.17, 15) is 0 Å². The number of aliphatic imine (C=N–C) groups is 2. The Morgan fingerprint density at radius 3 is 2.50 bits per heavy atom. The zero-order chi connectivity index (χ0) is 7.82. The van der Waals surface area contributed by atoms with E-state index in [2.05, 4.69) is 23.6 Å². The van der Waals surface area contributed by atoms with Gasteiger partial charge in [0.2, 0.25) is 0 Å². The summed E-state index contributed by atoms with van der Waals surface area (Å²) in [7, 11) is 0. The molecule has 58 valence electrons. The van der Waals surface area contributed by atoms with Crippen LogP contribution in [0.4, 0.5) is 0 Å². The minimum absolute atomic E-state index is 0.883. The van der Waals surface area contributed by atoms with Gasteiger partial charge in [0.15, 0.2) is 0 Å². The molecule has 0 atom stereocenters. The van der Waals surface area contributed by atoms with Crippen molar-refractivity contribution in [3.8, 4) is 0 Å². The van der Waals surface area contributed by atoms with Crippen LogP contribution in [-0.4, -0.2) is 19.1 Å². The zero-order valence-corrected chi connectivity index (χ0v) is 6.93. The van der Waals surface area contributed by atoms with Crippen LogP contribution in [-0.2, 0) is 0 Å². The van der Waals surface area contributed by atoms with Crippen molar-refractivity contribution >= 4 is 12.6 Å². The molecule has 0 heterocycles. The molecule has 0 saturated heterocycles. The lowest BCUT2D eigenvalue weighted by Gasteiger charge is -1.94. The van der Waals surface area contributed by atoms with Gasteiger partial charge >= 0.3 is 0 Å². The molecule has 0 unspecified atom stereocenters. The van der Waals surface area contributed by atoms with Crippen LogP contribution in [0.1, 0.15) is 33.1 Å². The number of rotatable bonds is 4. The average Bonchev–Trinajstić information content (AvgIpc) is 1.99. The Morgan fingerprint density at radius 1 is 1.40 bits per heavy atom. The predicted octanol–water partition coefficient (Wildman–Crippen LogP) is 2.30. The van der Waals surface area contributed by atoms with Crippen LogP contribution in [0.5, 0.6) is 0 Å². The van der Waals surface area contributed by atoms with Gasteiger partial charge < -0.3 is 0 Å². The molecular formula is C8H16N2. The van der Waals surface area contributed by atoms with Gasteiger partial charge in [0, 0.05) is 13.0 Å². The van der Waals surface area contributed by atoms with Gasteiger partial charge in [-0.3, -0.25) is 4.99 Å². The summed E-state index contributed by atoms with van der Waals surface area (Å²) in [5, 5.41) is 0. The van der Waals surface area contributed by atoms with E-state index in [4.69, 9.17) is 0 Å². The Kier molecular flexibility index (Phi) is 6.03. The molecule has 10 heavy (non-hydrogen) atoms. The van der Waals surface area contributed by atoms with Crippen LogP contribution < -0.4 is 0 Å². The summed E-state index contributed by atoms with van der Waals surface area (Å²) in [6.07, 6.45) is 3.24. The van der Waals surface area contributed by atoms with Crippen molar-refractivity contribution in [3.63, 3.8) is 0 Å². The molecule has 0 aromatic rings. The highest BCUT2D eigenvalue weighted by Gasteiger charge is 1.87. The van der Waals surface area contributed by atoms with Gasteiger partial charge in [-0.25, -0.2) is 4.99 Å². The monoisotopic (exact) mass is 140 g/mol. The molecule has 0 rings (SSSR count). The molecule has 0 saturated carbocycles. The highest BCUT2D eigenvalue weighted by Crippen LogP contribution is 1.91. The van der Waals surface area contributed by atoms with Gasteiger partial charge in [0.05, 0.1) is 0 Å². The Labute approximate surface area is 63.1 Å². The van der Waals surface area contributed by atoms with Gasteiger partial charge in [-0.1, -0.05) is 20.3 Å². The van der Waals surface area contributed by atoms with Crippen molar-refractivity contribution in [2.75, 3.05) is 6.54 Å². The van der Waals surface area contributed by atoms with E-state index < -0.39 is 0 Å². The second-order valence-corrected chi connectivity index (χ2v) is 2.16. The molecular weight excluding hydrogens is 124 g/mol. The lowest BCUT2D eigenvalue weighted by molar-refractivity contribution is 0.805. The van der Waals surface area contributed by atoms with Crippen molar-refractivity contribution in [2.45, 2.75) is 33.1 Å². The number of hydrogen-bond acceptors (Lipinski definition) is 1. The summed E-state index contributed by atoms with van der Waals surface area (Å²) in [5.41, 5.74) is 0. The molecule has 0 spiro atoms. The van der Waals surface area contributed by atoms with Crippen LogP contribution >= 0.6 is 0 Å². The van der Waals surface area contributed by atoms with Crippen molar-refractivity contribution in [2.24, 2.45) is 9.98 Å². The molecule has 0 radical (unpaired) electrons. The molecule has 0 fully saturated rings. The zero-order valence-electron chi connectivity index (χ0n) is 6.93. The van der Waals surface area contributed by atoms with Crippen LogP contribution in [0.25, 0.3) is 0 Å². The second-order valence-electron chi connectivity index (χ2n) is 2.16. The third kappa shape index (κ3) is 4.24. The smallest absolute Gasteiger partial charge is 0.122 e. The first-order valence-electron chi connectivity index (χ1n) is 3.85. The van der Waals surface area contributed by atoms with E-state index in [0.717, 1.165) is 25.2 Å². The summed E-state index contributed by atoms with van der Waals surface area (Å²) in [6.45, 7) is 8.53. The summed E-state index contributed by atoms with van der Waals surface area (Å²) in [4.78, 5) is 8.02. The Balaban J connectivity index is 3.53. The lowest BCUT2D eigenvalue weighted by Crippen LogP contribution is -1.92. The fourth-order valence-electron chi connectivity index (χ4n) is 0.640. The molecule has 0 bridgehead atoms. The van der Waals surface area contributed by atoms with Gasteiger partial charge in [-0.05, 0) is 13.1 Å². The number of nitrogens with zero attached hydrogens (tertiary/aromatic N) is 2. The van der Waals surface area contributed by atoms with Gasteiger partial charge in [-0.15, -0.1) is 0 Å². The largest absolute Gasteiger partial charge is 0.271 e. The van der Waals surface area contributed by atoms with Crippen LogP contribution in [0.2, 0.25) is 0 Å². The molecule has 0 amide bonds. The lowest BCUT2D eigenvalue weighted by atomic mass is 10.3. The van der Waals surface area contributed by atoms with E-state index in [1.165, 1.54) is 6.42 Å². The van der Waals surface area contributed by atoms with E-state index in [1.807, 2.05) is 6.92 Å². The van der Waals surface area contributed by atoms with Crippen molar-refractivity contribution in [1.82, 2.24) is 0 Å². The third-order valence-corrected chi connectivity index (χ3v) is 1.30. The molecule has 0 aliphatic heterocycles. The maximum atomic E-state index is 4.24. The van der Waals surface area contributed by atoms with Crippen molar-refractivity contribution < 1.29 is 0 Å². The van der Waals surface area contributed by atoms with Gasteiger partial charge in [0.1, 0.15) is 5.84 Å². The summed E-state index contributed by atoms with van der Waals surface area (Å²) < 4.78 is 0. The molecule has 0 aromatic carbocycles. The average molecular weight is 140 g/mol. The van der Waals surface area contributed by atoms with E-state index in [0.29, 0.717) is 0 Å². The minimum atomic E-state index is 0.883. The third-order valence-electron chi connectivity index (χ3n) is 1.30. The highest BCUT2D eigenvalue weighted by atomic mass is 14.9. The Hall–Kier alpha value is -0.660. The maximum absolute atomic E-state index is 4.24. The van der Waals surface area contributed by atoms with E-state index >= 15 is 0 Å². The van der Waals surface area contributed by atoms with Crippen molar-refractivity contribution in [3.05, 3.63) is 0 Å². The summed E-state index contributed by atoms with van der Waals surface area (Å²) in [5.74, 6) is 0.883. The topological polar surface area (TPSA) is 24.7 Å². The molecule has 0 aliphatic rings. The SMILES string of the molecule is C=NC(CC)=NCCCC. The van der Waals surface area contributed by atoms with Gasteiger partial charge in [0.25, 0.3) is 0 Å². The van der Waals surface area contributed by atoms with Gasteiger partial charge in [-0.2, -0.15) is 0 Å². The second kappa shape index (κ2) is 6.46. The standard InChI is InChI=1S/C8H16N2/c1-4-6-7-10-8(5-2)9-3/h3-7H2,1-2H3. The molecule has 0 aromatic heterocycles. The molecule has 2 nitrogen and oxygen atoms in total. The minimum Gasteiger partial charge on any atom is -0.271 e. The van der Waals surface area contributed by atoms with Crippen LogP contribution in [0, 0.1) is 0 Å². The van der Waals surface area contributed by atoms with E-state index in [1.54, 1.807) is 0 Å². The Morgan fingerprint density at radius 2 is 2.10 bits per heavy atom. The fourth-order valence-corrected chi connectivity index (χ4v) is 0.640. The first-order valence-corrected chi connectivity index (χ1v) is 3.85. The predicted molar refractivity (Wildman–Crippen MR) is 47.1 cm³/mol. The van der Waals surface area contributed by atoms with Crippen LogP contribution in [0.15, 0.2) is 9.98 Å². The quantitative estimate of drug-likeness (QED) is 0.325. The first kappa shape index (κ1) is 9.34. The summed E-state index contributed by atoms with van der Waals surface area (Å²) in [6, 6.07) is 0. The number of amidine groups is 1. The molecule has 2 heteroatoms. The van der Waals surface area contributed by atoms with Crippen LogP contribution in [0.3, 0.4) is 0 Å². The summed E-state index contributed by atoms with van der Waals surface area (Å²) >= 11 is 0. The molecule has 0 N–H and O–H groups in total. The normalized spacial score (nSPS) is 11.6. The molecule has 0 aliphatic carbocycles. The number of hydrogen-bond donors (Lipinski definition) is 0. The first-order chi connectivity index (χ1) is 4.85. The highest BCUT2D eigenvalue weighted by molar-refractivity contribution is 5.85. The van der Waals surface area contributed by atoms with Crippen molar-refractivity contribution in [1.29, 1.82) is 0 Å². The number of unbranched alkanes of at least 4 members (excludes halogenated alkanes) is 1. The van der Waals surface area contributed by atoms with E-state index in [-0.39, 0.29) is 0 Å².